The number of nitrogens with zero attached hydrogens (tertiary/aromatic N) is 3. The van der Waals surface area contributed by atoms with E-state index < -0.39 is 0 Å². The highest BCUT2D eigenvalue weighted by Crippen LogP contribution is 2.48. The average molecular weight is 618 g/mol. The van der Waals surface area contributed by atoms with Crippen LogP contribution in [0.4, 0.5) is 0 Å². The average Bonchev–Trinajstić information content (AvgIpc) is 3.74. The molecule has 10 aromatic rings. The SMILES string of the molecule is Clc1nc(-c2ccc(-n3c4ccccc4c4c5c6ccccc6sc5c5ccccc5c43)cc2)c2c(n1)sc1ccccc12. The van der Waals surface area contributed by atoms with Crippen LogP contribution in [0.1, 0.15) is 0 Å². The molecule has 206 valence electrons. The van der Waals surface area contributed by atoms with Crippen molar-refractivity contribution >= 4 is 107 Å². The number of benzene rings is 6. The molecule has 0 amide bonds. The second-order valence-corrected chi connectivity index (χ2v) is 13.5. The molecule has 3 nitrogen and oxygen atoms in total. The van der Waals surface area contributed by atoms with Gasteiger partial charge >= 0.3 is 0 Å². The lowest BCUT2D eigenvalue weighted by atomic mass is 10.00. The van der Waals surface area contributed by atoms with E-state index in [0.717, 1.165) is 32.5 Å². The largest absolute Gasteiger partial charge is 0.309 e. The number of rotatable bonds is 2. The molecule has 0 N–H and O–H groups in total. The van der Waals surface area contributed by atoms with Gasteiger partial charge in [0, 0.05) is 68.4 Å². The van der Waals surface area contributed by atoms with Gasteiger partial charge in [0.15, 0.2) is 0 Å². The van der Waals surface area contributed by atoms with Crippen molar-refractivity contribution in [3.05, 3.63) is 127 Å². The Balaban J connectivity index is 1.29. The molecule has 0 aliphatic carbocycles. The van der Waals surface area contributed by atoms with Crippen LogP contribution in [0.15, 0.2) is 121 Å². The van der Waals surface area contributed by atoms with Crippen LogP contribution in [0.2, 0.25) is 5.28 Å². The Morgan fingerprint density at radius 3 is 1.91 bits per heavy atom. The summed E-state index contributed by atoms with van der Waals surface area (Å²) in [5.41, 5.74) is 5.42. The number of para-hydroxylation sites is 1. The summed E-state index contributed by atoms with van der Waals surface area (Å²) in [6.07, 6.45) is 0. The smallest absolute Gasteiger partial charge is 0.224 e. The fourth-order valence-corrected chi connectivity index (χ4v) is 9.51. The third-order valence-electron chi connectivity index (χ3n) is 8.76. The fourth-order valence-electron chi connectivity index (χ4n) is 6.96. The zero-order chi connectivity index (χ0) is 28.9. The predicted octanol–water partition coefficient (Wildman–Crippen LogP) is 11.8. The molecule has 0 atom stereocenters. The van der Waals surface area contributed by atoms with Gasteiger partial charge in [0.05, 0.1) is 16.7 Å². The predicted molar refractivity (Wildman–Crippen MR) is 190 cm³/mol. The van der Waals surface area contributed by atoms with E-state index >= 15 is 0 Å². The molecule has 0 saturated heterocycles. The van der Waals surface area contributed by atoms with Crippen molar-refractivity contribution < 1.29 is 0 Å². The number of thiophene rings is 2. The first-order valence-electron chi connectivity index (χ1n) is 14.5. The minimum absolute atomic E-state index is 0.268. The number of hydrogen-bond donors (Lipinski definition) is 0. The van der Waals surface area contributed by atoms with E-state index in [1.54, 1.807) is 11.3 Å². The standard InChI is InChI=1S/C38H20ClN3S2/c39-38-40-34(33-27-13-5-8-16-30(27)44-37(33)41-38)21-17-19-22(20-18-21)42-28-14-6-3-11-25(28)31-32-26-12-4-7-15-29(26)43-36(32)24-10-2-1-9-23(24)35(31)42/h1-20H. The Kier molecular flexibility index (Phi) is 5.09. The molecule has 0 spiro atoms. The quantitative estimate of drug-likeness (QED) is 0.181. The summed E-state index contributed by atoms with van der Waals surface area (Å²) in [4.78, 5) is 10.2. The van der Waals surface area contributed by atoms with Crippen molar-refractivity contribution in [2.75, 3.05) is 0 Å². The topological polar surface area (TPSA) is 30.7 Å². The number of fused-ring (bicyclic) bond motifs is 13. The van der Waals surface area contributed by atoms with Gasteiger partial charge in [-0.3, -0.25) is 0 Å². The van der Waals surface area contributed by atoms with Crippen molar-refractivity contribution in [3.63, 3.8) is 0 Å². The third-order valence-corrected chi connectivity index (χ3v) is 11.2. The van der Waals surface area contributed by atoms with Crippen LogP contribution >= 0.6 is 34.3 Å². The molecule has 6 aromatic carbocycles. The van der Waals surface area contributed by atoms with E-state index in [0.29, 0.717) is 0 Å². The number of halogens is 1. The molecular formula is C38H20ClN3S2. The Morgan fingerprint density at radius 1 is 0.523 bits per heavy atom. The van der Waals surface area contributed by atoms with Crippen LogP contribution in [0, 0.1) is 0 Å². The van der Waals surface area contributed by atoms with Crippen LogP contribution < -0.4 is 0 Å². The summed E-state index contributed by atoms with van der Waals surface area (Å²) >= 11 is 10.0. The van der Waals surface area contributed by atoms with Gasteiger partial charge in [-0.1, -0.05) is 91.0 Å². The lowest BCUT2D eigenvalue weighted by molar-refractivity contribution is 1.18. The van der Waals surface area contributed by atoms with Gasteiger partial charge in [-0.05, 0) is 41.9 Å². The van der Waals surface area contributed by atoms with Crippen LogP contribution in [0.25, 0.3) is 90.0 Å². The summed E-state index contributed by atoms with van der Waals surface area (Å²) in [5, 5.41) is 10.3. The first kappa shape index (κ1) is 24.6. The Labute approximate surface area is 264 Å². The van der Waals surface area contributed by atoms with Crippen molar-refractivity contribution in [2.45, 2.75) is 0 Å². The lowest BCUT2D eigenvalue weighted by Crippen LogP contribution is -1.95. The summed E-state index contributed by atoms with van der Waals surface area (Å²) in [6, 6.07) is 43.6. The maximum absolute atomic E-state index is 6.46. The molecule has 0 radical (unpaired) electrons. The van der Waals surface area contributed by atoms with Crippen LogP contribution in [-0.2, 0) is 0 Å². The second kappa shape index (κ2) is 9.10. The first-order chi connectivity index (χ1) is 21.7. The van der Waals surface area contributed by atoms with Gasteiger partial charge in [0.1, 0.15) is 4.83 Å². The molecule has 0 aliphatic rings. The molecule has 10 rings (SSSR count). The zero-order valence-electron chi connectivity index (χ0n) is 23.1. The van der Waals surface area contributed by atoms with Crippen LogP contribution in [-0.4, -0.2) is 14.5 Å². The molecule has 4 heterocycles. The van der Waals surface area contributed by atoms with Gasteiger partial charge in [0.2, 0.25) is 5.28 Å². The third kappa shape index (κ3) is 3.32. The molecule has 0 unspecified atom stereocenters. The lowest BCUT2D eigenvalue weighted by Gasteiger charge is -2.12. The molecule has 0 bridgehead atoms. The number of aromatic nitrogens is 3. The zero-order valence-corrected chi connectivity index (χ0v) is 25.5. The highest BCUT2D eigenvalue weighted by atomic mass is 35.5. The molecule has 0 fully saturated rings. The Morgan fingerprint density at radius 2 is 1.14 bits per heavy atom. The summed E-state index contributed by atoms with van der Waals surface area (Å²) < 4.78 is 6.28. The minimum atomic E-state index is 0.268. The van der Waals surface area contributed by atoms with E-state index in [9.17, 15) is 0 Å². The number of hydrogen-bond acceptors (Lipinski definition) is 4. The summed E-state index contributed by atoms with van der Waals surface area (Å²) in [7, 11) is 0. The van der Waals surface area contributed by atoms with Gasteiger partial charge in [-0.25, -0.2) is 9.97 Å². The van der Waals surface area contributed by atoms with E-state index in [4.69, 9.17) is 16.6 Å². The van der Waals surface area contributed by atoms with E-state index in [1.165, 1.54) is 57.5 Å². The van der Waals surface area contributed by atoms with Gasteiger partial charge in [0.25, 0.3) is 0 Å². The fraction of sp³-hybridized carbons (Fsp3) is 0. The highest BCUT2D eigenvalue weighted by Gasteiger charge is 2.22. The van der Waals surface area contributed by atoms with Gasteiger partial charge in [-0.2, -0.15) is 0 Å². The van der Waals surface area contributed by atoms with Crippen LogP contribution in [0.5, 0.6) is 0 Å². The minimum Gasteiger partial charge on any atom is -0.309 e. The Hall–Kier alpha value is -4.81. The van der Waals surface area contributed by atoms with Crippen molar-refractivity contribution in [1.82, 2.24) is 14.5 Å². The van der Waals surface area contributed by atoms with Gasteiger partial charge < -0.3 is 4.57 Å². The van der Waals surface area contributed by atoms with E-state index in [-0.39, 0.29) is 5.28 Å². The molecular weight excluding hydrogens is 598 g/mol. The highest BCUT2D eigenvalue weighted by molar-refractivity contribution is 7.27. The molecule has 0 saturated carbocycles. The van der Waals surface area contributed by atoms with Crippen molar-refractivity contribution in [3.8, 4) is 16.9 Å². The van der Waals surface area contributed by atoms with E-state index in [2.05, 4.69) is 131 Å². The van der Waals surface area contributed by atoms with Gasteiger partial charge in [-0.15, -0.1) is 22.7 Å². The Bertz CT molecular complexity index is 2790. The molecule has 0 aliphatic heterocycles. The van der Waals surface area contributed by atoms with Crippen LogP contribution in [0.3, 0.4) is 0 Å². The van der Waals surface area contributed by atoms with Crippen molar-refractivity contribution in [2.24, 2.45) is 0 Å². The molecule has 6 heteroatoms. The summed E-state index contributed by atoms with van der Waals surface area (Å²) in [5.74, 6) is 0. The second-order valence-electron chi connectivity index (χ2n) is 11.1. The monoisotopic (exact) mass is 617 g/mol. The maximum Gasteiger partial charge on any atom is 0.224 e. The molecule has 44 heavy (non-hydrogen) atoms. The normalized spacial score (nSPS) is 12.2. The first-order valence-corrected chi connectivity index (χ1v) is 16.5. The van der Waals surface area contributed by atoms with Crippen molar-refractivity contribution in [1.29, 1.82) is 0 Å². The summed E-state index contributed by atoms with van der Waals surface area (Å²) in [6.45, 7) is 0. The van der Waals surface area contributed by atoms with E-state index in [1.807, 2.05) is 11.3 Å². The maximum atomic E-state index is 6.46. The molecule has 4 aromatic heterocycles.